The van der Waals surface area contributed by atoms with E-state index in [9.17, 15) is 9.59 Å². The van der Waals surface area contributed by atoms with Crippen molar-refractivity contribution in [3.63, 3.8) is 0 Å². The van der Waals surface area contributed by atoms with Crippen molar-refractivity contribution in [3.8, 4) is 11.5 Å². The van der Waals surface area contributed by atoms with Crippen LogP contribution in [0, 0.1) is 5.92 Å². The van der Waals surface area contributed by atoms with Crippen LogP contribution in [-0.2, 0) is 16.2 Å². The standard InChI is InChI=1S/C25H23Cl2N3O4/c1-33-22-13-19(12-21(27)24(22)34-15-16-7-9-18(26)10-8-16)28-29-25(32)17-11-23(31)30(14-17)20-5-3-2-4-6-20/h2-10,12-13,17,28H,11,14-15H2,1H3,(H,29,32)/t17-/m1/s1. The highest BCUT2D eigenvalue weighted by atomic mass is 35.5. The topological polar surface area (TPSA) is 79.9 Å². The Morgan fingerprint density at radius 2 is 1.82 bits per heavy atom. The number of rotatable bonds is 8. The fourth-order valence-electron chi connectivity index (χ4n) is 3.64. The van der Waals surface area contributed by atoms with Gasteiger partial charge in [-0.3, -0.25) is 20.4 Å². The Morgan fingerprint density at radius 1 is 1.09 bits per heavy atom. The monoisotopic (exact) mass is 499 g/mol. The molecule has 1 heterocycles. The summed E-state index contributed by atoms with van der Waals surface area (Å²) in [5.41, 5.74) is 7.72. The molecule has 0 saturated carbocycles. The van der Waals surface area contributed by atoms with Crippen molar-refractivity contribution in [2.24, 2.45) is 5.92 Å². The summed E-state index contributed by atoms with van der Waals surface area (Å²) in [6.45, 7) is 0.600. The number of hydrogen-bond acceptors (Lipinski definition) is 5. The average molecular weight is 500 g/mol. The number of halogens is 2. The van der Waals surface area contributed by atoms with Crippen molar-refractivity contribution in [2.45, 2.75) is 13.0 Å². The Bertz CT molecular complexity index is 1170. The molecule has 2 N–H and O–H groups in total. The fourth-order valence-corrected chi connectivity index (χ4v) is 4.04. The molecule has 4 rings (SSSR count). The van der Waals surface area contributed by atoms with E-state index in [1.54, 1.807) is 29.2 Å². The first-order chi connectivity index (χ1) is 16.4. The van der Waals surface area contributed by atoms with E-state index in [0.29, 0.717) is 33.8 Å². The number of hydrazine groups is 1. The zero-order chi connectivity index (χ0) is 24.1. The van der Waals surface area contributed by atoms with Gasteiger partial charge in [-0.05, 0) is 35.9 Å². The largest absolute Gasteiger partial charge is 0.493 e. The molecule has 9 heteroatoms. The van der Waals surface area contributed by atoms with Crippen LogP contribution in [0.1, 0.15) is 12.0 Å². The van der Waals surface area contributed by atoms with Crippen molar-refractivity contribution in [3.05, 3.63) is 82.3 Å². The first kappa shape index (κ1) is 23.7. The van der Waals surface area contributed by atoms with E-state index < -0.39 is 5.92 Å². The molecule has 1 atom stereocenters. The van der Waals surface area contributed by atoms with Crippen LogP contribution in [0.25, 0.3) is 0 Å². The highest BCUT2D eigenvalue weighted by molar-refractivity contribution is 6.32. The van der Waals surface area contributed by atoms with Crippen LogP contribution in [0.15, 0.2) is 66.7 Å². The average Bonchev–Trinajstić information content (AvgIpc) is 3.24. The molecule has 2 amide bonds. The summed E-state index contributed by atoms with van der Waals surface area (Å²) in [5.74, 6) is -0.0526. The van der Waals surface area contributed by atoms with Gasteiger partial charge in [-0.2, -0.15) is 0 Å². The SMILES string of the molecule is COc1cc(NNC(=O)[C@@H]2CC(=O)N(c3ccccc3)C2)cc(Cl)c1OCc1ccc(Cl)cc1. The number of ether oxygens (including phenoxy) is 2. The fraction of sp³-hybridized carbons (Fsp3) is 0.200. The predicted octanol–water partition coefficient (Wildman–Crippen LogP) is 5.08. The molecule has 1 aliphatic rings. The molecule has 0 bridgehead atoms. The minimum absolute atomic E-state index is 0.0850. The maximum Gasteiger partial charge on any atom is 0.243 e. The lowest BCUT2D eigenvalue weighted by Crippen LogP contribution is -2.36. The number of nitrogens with zero attached hydrogens (tertiary/aromatic N) is 1. The van der Waals surface area contributed by atoms with E-state index in [0.717, 1.165) is 11.3 Å². The Labute approximate surface area is 207 Å². The zero-order valence-electron chi connectivity index (χ0n) is 18.4. The van der Waals surface area contributed by atoms with Crippen molar-refractivity contribution in [1.82, 2.24) is 5.43 Å². The number of hydrogen-bond donors (Lipinski definition) is 2. The van der Waals surface area contributed by atoms with E-state index in [1.165, 1.54) is 7.11 Å². The third-order valence-electron chi connectivity index (χ3n) is 5.42. The van der Waals surface area contributed by atoms with Crippen LogP contribution >= 0.6 is 23.2 Å². The first-order valence-electron chi connectivity index (χ1n) is 10.6. The van der Waals surface area contributed by atoms with Gasteiger partial charge in [0.05, 0.1) is 23.7 Å². The molecule has 3 aromatic rings. The summed E-state index contributed by atoms with van der Waals surface area (Å²) in [4.78, 5) is 26.7. The second kappa shape index (κ2) is 10.7. The molecule has 176 valence electrons. The van der Waals surface area contributed by atoms with E-state index in [2.05, 4.69) is 10.9 Å². The predicted molar refractivity (Wildman–Crippen MR) is 132 cm³/mol. The molecule has 1 fully saturated rings. The minimum atomic E-state index is -0.473. The molecule has 1 aliphatic heterocycles. The van der Waals surface area contributed by atoms with E-state index in [-0.39, 0.29) is 24.8 Å². The number of carbonyl (C=O) groups excluding carboxylic acids is 2. The molecule has 0 aliphatic carbocycles. The van der Waals surface area contributed by atoms with Crippen LogP contribution in [0.5, 0.6) is 11.5 Å². The number of nitrogens with one attached hydrogen (secondary N) is 2. The number of amides is 2. The minimum Gasteiger partial charge on any atom is -0.493 e. The van der Waals surface area contributed by atoms with Crippen LogP contribution in [-0.4, -0.2) is 25.5 Å². The Morgan fingerprint density at radius 3 is 2.53 bits per heavy atom. The molecule has 1 saturated heterocycles. The molecular weight excluding hydrogens is 477 g/mol. The van der Waals surface area contributed by atoms with Crippen molar-refractivity contribution in [1.29, 1.82) is 0 Å². The maximum atomic E-state index is 12.7. The van der Waals surface area contributed by atoms with E-state index in [1.807, 2.05) is 42.5 Å². The Balaban J connectivity index is 1.37. The third-order valence-corrected chi connectivity index (χ3v) is 5.95. The van der Waals surface area contributed by atoms with Gasteiger partial charge in [0.15, 0.2) is 11.5 Å². The summed E-state index contributed by atoms with van der Waals surface area (Å²) in [5, 5.41) is 0.961. The van der Waals surface area contributed by atoms with Gasteiger partial charge >= 0.3 is 0 Å². The van der Waals surface area contributed by atoms with Gasteiger partial charge in [0, 0.05) is 29.7 Å². The summed E-state index contributed by atoms with van der Waals surface area (Å²) >= 11 is 12.3. The van der Waals surface area contributed by atoms with Gasteiger partial charge in [-0.25, -0.2) is 0 Å². The molecule has 3 aromatic carbocycles. The van der Waals surface area contributed by atoms with Gasteiger partial charge in [-0.15, -0.1) is 0 Å². The van der Waals surface area contributed by atoms with Gasteiger partial charge in [0.25, 0.3) is 0 Å². The van der Waals surface area contributed by atoms with Crippen LogP contribution in [0.2, 0.25) is 10.0 Å². The zero-order valence-corrected chi connectivity index (χ0v) is 19.9. The number of carbonyl (C=O) groups is 2. The highest BCUT2D eigenvalue weighted by Gasteiger charge is 2.35. The molecule has 0 unspecified atom stereocenters. The summed E-state index contributed by atoms with van der Waals surface area (Å²) in [6, 6.07) is 19.9. The number of para-hydroxylation sites is 1. The third kappa shape index (κ3) is 5.55. The molecule has 0 aromatic heterocycles. The van der Waals surface area contributed by atoms with Crippen molar-refractivity contribution < 1.29 is 19.1 Å². The number of benzene rings is 3. The maximum absolute atomic E-state index is 12.7. The number of anilines is 2. The van der Waals surface area contributed by atoms with Gasteiger partial charge < -0.3 is 14.4 Å². The normalized spacial score (nSPS) is 15.2. The first-order valence-corrected chi connectivity index (χ1v) is 11.4. The lowest BCUT2D eigenvalue weighted by molar-refractivity contribution is -0.125. The summed E-state index contributed by atoms with van der Waals surface area (Å²) in [6.07, 6.45) is 0.143. The number of methoxy groups -OCH3 is 1. The van der Waals surface area contributed by atoms with Gasteiger partial charge in [0.1, 0.15) is 6.61 Å². The van der Waals surface area contributed by atoms with E-state index in [4.69, 9.17) is 32.7 Å². The lowest BCUT2D eigenvalue weighted by atomic mass is 10.1. The second-order valence-electron chi connectivity index (χ2n) is 7.76. The van der Waals surface area contributed by atoms with Gasteiger partial charge in [0.2, 0.25) is 11.8 Å². The smallest absolute Gasteiger partial charge is 0.243 e. The Kier molecular flexibility index (Phi) is 7.45. The molecular formula is C25H23Cl2N3O4. The van der Waals surface area contributed by atoms with Crippen molar-refractivity contribution >= 4 is 46.4 Å². The van der Waals surface area contributed by atoms with Crippen LogP contribution in [0.4, 0.5) is 11.4 Å². The molecule has 34 heavy (non-hydrogen) atoms. The molecule has 7 nitrogen and oxygen atoms in total. The quantitative estimate of drug-likeness (QED) is 0.422. The van der Waals surface area contributed by atoms with Crippen LogP contribution in [0.3, 0.4) is 0 Å². The van der Waals surface area contributed by atoms with Gasteiger partial charge in [-0.1, -0.05) is 53.5 Å². The summed E-state index contributed by atoms with van der Waals surface area (Å²) in [7, 11) is 1.51. The Hall–Kier alpha value is -3.42. The van der Waals surface area contributed by atoms with Crippen LogP contribution < -0.4 is 25.2 Å². The summed E-state index contributed by atoms with van der Waals surface area (Å²) < 4.78 is 11.3. The lowest BCUT2D eigenvalue weighted by Gasteiger charge is -2.18. The highest BCUT2D eigenvalue weighted by Crippen LogP contribution is 2.38. The van der Waals surface area contributed by atoms with Crippen molar-refractivity contribution in [2.75, 3.05) is 24.0 Å². The second-order valence-corrected chi connectivity index (χ2v) is 8.60. The molecule has 0 radical (unpaired) electrons. The molecule has 0 spiro atoms. The van der Waals surface area contributed by atoms with E-state index >= 15 is 0 Å².